The summed E-state index contributed by atoms with van der Waals surface area (Å²) in [5.74, 6) is -0.209. The van der Waals surface area contributed by atoms with E-state index < -0.39 is 0 Å². The van der Waals surface area contributed by atoms with Gasteiger partial charge in [0.25, 0.3) is 5.91 Å². The Hall–Kier alpha value is -1.81. The first-order chi connectivity index (χ1) is 12.8. The largest absolute Gasteiger partial charge is 0.379 e. The molecule has 26 heavy (non-hydrogen) atoms. The SMILES string of the molecule is O=C(Nc1nc(CN2CCOCC2)cs1)c1ccn(C2CCCNC2)n1. The third kappa shape index (κ3) is 4.29. The molecule has 1 amide bonds. The van der Waals surface area contributed by atoms with Gasteiger partial charge in [0.1, 0.15) is 0 Å². The maximum atomic E-state index is 12.4. The van der Waals surface area contributed by atoms with Gasteiger partial charge in [0, 0.05) is 37.8 Å². The topological polar surface area (TPSA) is 84.3 Å². The van der Waals surface area contributed by atoms with E-state index in [1.165, 1.54) is 11.3 Å². The number of thiazole rings is 1. The van der Waals surface area contributed by atoms with Gasteiger partial charge in [-0.2, -0.15) is 5.10 Å². The first kappa shape index (κ1) is 17.6. The van der Waals surface area contributed by atoms with Crippen LogP contribution in [0.15, 0.2) is 17.6 Å². The molecule has 4 rings (SSSR count). The maximum absolute atomic E-state index is 12.4. The van der Waals surface area contributed by atoms with E-state index in [1.54, 1.807) is 6.07 Å². The molecule has 8 nitrogen and oxygen atoms in total. The molecule has 2 aromatic heterocycles. The van der Waals surface area contributed by atoms with E-state index in [-0.39, 0.29) is 5.91 Å². The lowest BCUT2D eigenvalue weighted by Crippen LogP contribution is -2.35. The molecular weight excluding hydrogens is 352 g/mol. The molecule has 2 aromatic rings. The summed E-state index contributed by atoms with van der Waals surface area (Å²) in [6, 6.07) is 2.09. The van der Waals surface area contributed by atoms with E-state index in [0.717, 1.165) is 64.5 Å². The van der Waals surface area contributed by atoms with Gasteiger partial charge in [-0.25, -0.2) is 4.98 Å². The fraction of sp³-hybridized carbons (Fsp3) is 0.588. The molecular formula is C17H24N6O2S. The van der Waals surface area contributed by atoms with Gasteiger partial charge in [-0.1, -0.05) is 0 Å². The summed E-state index contributed by atoms with van der Waals surface area (Å²) in [6.45, 7) is 6.14. The van der Waals surface area contributed by atoms with Crippen LogP contribution in [0.3, 0.4) is 0 Å². The zero-order valence-electron chi connectivity index (χ0n) is 14.7. The normalized spacial score (nSPS) is 21.6. The molecule has 0 aromatic carbocycles. The molecule has 2 aliphatic rings. The predicted octanol–water partition coefficient (Wildman–Crippen LogP) is 1.35. The first-order valence-electron chi connectivity index (χ1n) is 9.10. The predicted molar refractivity (Wildman–Crippen MR) is 99.5 cm³/mol. The summed E-state index contributed by atoms with van der Waals surface area (Å²) in [5, 5.41) is 13.3. The lowest BCUT2D eigenvalue weighted by atomic mass is 10.1. The fourth-order valence-electron chi connectivity index (χ4n) is 3.31. The Morgan fingerprint density at radius 1 is 1.42 bits per heavy atom. The second kappa shape index (κ2) is 8.26. The summed E-state index contributed by atoms with van der Waals surface area (Å²) in [4.78, 5) is 19.3. The molecule has 2 N–H and O–H groups in total. The molecule has 4 heterocycles. The second-order valence-electron chi connectivity index (χ2n) is 6.67. The summed E-state index contributed by atoms with van der Waals surface area (Å²) in [6.07, 6.45) is 4.11. The number of hydrogen-bond donors (Lipinski definition) is 2. The van der Waals surface area contributed by atoms with Crippen LogP contribution in [0.4, 0.5) is 5.13 Å². The first-order valence-corrected chi connectivity index (χ1v) is 9.97. The second-order valence-corrected chi connectivity index (χ2v) is 7.53. The lowest BCUT2D eigenvalue weighted by Gasteiger charge is -2.25. The minimum absolute atomic E-state index is 0.209. The number of aromatic nitrogens is 3. The average Bonchev–Trinajstić information content (AvgIpc) is 3.33. The van der Waals surface area contributed by atoms with Crippen LogP contribution < -0.4 is 10.6 Å². The van der Waals surface area contributed by atoms with Crippen LogP contribution in [0.2, 0.25) is 0 Å². The van der Waals surface area contributed by atoms with Crippen molar-refractivity contribution in [2.75, 3.05) is 44.7 Å². The van der Waals surface area contributed by atoms with Gasteiger partial charge in [0.05, 0.1) is 24.9 Å². The van der Waals surface area contributed by atoms with Crippen LogP contribution >= 0.6 is 11.3 Å². The number of carbonyl (C=O) groups is 1. The Morgan fingerprint density at radius 2 is 2.31 bits per heavy atom. The Morgan fingerprint density at radius 3 is 3.12 bits per heavy atom. The molecule has 0 bridgehead atoms. The van der Waals surface area contributed by atoms with Gasteiger partial charge < -0.3 is 10.1 Å². The van der Waals surface area contributed by atoms with Crippen molar-refractivity contribution in [3.8, 4) is 0 Å². The average molecular weight is 376 g/mol. The van der Waals surface area contributed by atoms with E-state index in [9.17, 15) is 4.79 Å². The van der Waals surface area contributed by atoms with Gasteiger partial charge in [0.15, 0.2) is 10.8 Å². The summed E-state index contributed by atoms with van der Waals surface area (Å²) in [7, 11) is 0. The van der Waals surface area contributed by atoms with Crippen molar-refractivity contribution in [3.05, 3.63) is 29.0 Å². The van der Waals surface area contributed by atoms with Crippen molar-refractivity contribution >= 4 is 22.4 Å². The number of amides is 1. The number of morpholine rings is 1. The molecule has 140 valence electrons. The van der Waals surface area contributed by atoms with Crippen molar-refractivity contribution in [3.63, 3.8) is 0 Å². The number of ether oxygens (including phenoxy) is 1. The van der Waals surface area contributed by atoms with Crippen LogP contribution in [-0.4, -0.2) is 65.0 Å². The number of anilines is 1. The fourth-order valence-corrected chi connectivity index (χ4v) is 4.00. The minimum Gasteiger partial charge on any atom is -0.379 e. The van der Waals surface area contributed by atoms with E-state index in [0.29, 0.717) is 16.9 Å². The summed E-state index contributed by atoms with van der Waals surface area (Å²) < 4.78 is 7.26. The highest BCUT2D eigenvalue weighted by molar-refractivity contribution is 7.13. The Balaban J connectivity index is 1.33. The lowest BCUT2D eigenvalue weighted by molar-refractivity contribution is 0.0337. The minimum atomic E-state index is -0.209. The summed E-state index contributed by atoms with van der Waals surface area (Å²) >= 11 is 1.45. The molecule has 1 unspecified atom stereocenters. The highest BCUT2D eigenvalue weighted by atomic mass is 32.1. The maximum Gasteiger partial charge on any atom is 0.277 e. The quantitative estimate of drug-likeness (QED) is 0.820. The smallest absolute Gasteiger partial charge is 0.277 e. The van der Waals surface area contributed by atoms with E-state index in [1.807, 2.05) is 16.3 Å². The molecule has 9 heteroatoms. The Kier molecular flexibility index (Phi) is 5.59. The number of nitrogens with one attached hydrogen (secondary N) is 2. The van der Waals surface area contributed by atoms with Crippen LogP contribution in [-0.2, 0) is 11.3 Å². The van der Waals surface area contributed by atoms with Crippen LogP contribution in [0.25, 0.3) is 0 Å². The van der Waals surface area contributed by atoms with Crippen molar-refractivity contribution in [1.82, 2.24) is 25.0 Å². The molecule has 2 aliphatic heterocycles. The van der Waals surface area contributed by atoms with E-state index >= 15 is 0 Å². The van der Waals surface area contributed by atoms with E-state index in [2.05, 4.69) is 25.6 Å². The Labute approximate surface area is 156 Å². The molecule has 2 saturated heterocycles. The van der Waals surface area contributed by atoms with Crippen LogP contribution in [0.5, 0.6) is 0 Å². The van der Waals surface area contributed by atoms with Gasteiger partial charge in [-0.3, -0.25) is 19.7 Å². The number of rotatable bonds is 5. The third-order valence-electron chi connectivity index (χ3n) is 4.75. The molecule has 2 fully saturated rings. The van der Waals surface area contributed by atoms with Crippen molar-refractivity contribution in [2.24, 2.45) is 0 Å². The van der Waals surface area contributed by atoms with Crippen LogP contribution in [0.1, 0.15) is 35.1 Å². The van der Waals surface area contributed by atoms with Crippen molar-refractivity contribution < 1.29 is 9.53 Å². The molecule has 0 radical (unpaired) electrons. The van der Waals surface area contributed by atoms with Gasteiger partial charge in [0.2, 0.25) is 0 Å². The third-order valence-corrected chi connectivity index (χ3v) is 5.55. The Bertz CT molecular complexity index is 733. The highest BCUT2D eigenvalue weighted by Gasteiger charge is 2.19. The zero-order valence-corrected chi connectivity index (χ0v) is 15.5. The van der Waals surface area contributed by atoms with Gasteiger partial charge in [-0.05, 0) is 25.5 Å². The standard InChI is InChI=1S/C17H24N6O2S/c24-16(15-3-5-23(21-15)14-2-1-4-18-10-14)20-17-19-13(12-26-17)11-22-6-8-25-9-7-22/h3,5,12,14,18H,1-2,4,6-11H2,(H,19,20,24). The van der Waals surface area contributed by atoms with E-state index in [4.69, 9.17) is 4.74 Å². The van der Waals surface area contributed by atoms with Gasteiger partial charge >= 0.3 is 0 Å². The zero-order chi connectivity index (χ0) is 17.8. The number of hydrogen-bond acceptors (Lipinski definition) is 7. The number of piperidine rings is 1. The highest BCUT2D eigenvalue weighted by Crippen LogP contribution is 2.19. The monoisotopic (exact) mass is 376 g/mol. The van der Waals surface area contributed by atoms with Crippen molar-refractivity contribution in [2.45, 2.75) is 25.4 Å². The molecule has 0 aliphatic carbocycles. The summed E-state index contributed by atoms with van der Waals surface area (Å²) in [5.41, 5.74) is 1.41. The number of nitrogens with zero attached hydrogens (tertiary/aromatic N) is 4. The van der Waals surface area contributed by atoms with Crippen LogP contribution in [0, 0.1) is 0 Å². The van der Waals surface area contributed by atoms with Gasteiger partial charge in [-0.15, -0.1) is 11.3 Å². The molecule has 0 saturated carbocycles. The van der Waals surface area contributed by atoms with Crippen molar-refractivity contribution in [1.29, 1.82) is 0 Å². The molecule has 0 spiro atoms. The number of carbonyl (C=O) groups excluding carboxylic acids is 1. The molecule has 1 atom stereocenters.